The van der Waals surface area contributed by atoms with Gasteiger partial charge in [0.05, 0.1) is 23.4 Å². The number of ketones is 1. The van der Waals surface area contributed by atoms with Gasteiger partial charge >= 0.3 is 6.03 Å². The van der Waals surface area contributed by atoms with Crippen molar-refractivity contribution in [3.8, 4) is 0 Å². The first-order valence-electron chi connectivity index (χ1n) is 17.6. The normalized spacial score (nSPS) is 23.2. The van der Waals surface area contributed by atoms with Crippen molar-refractivity contribution < 1.29 is 36.8 Å². The number of nitrogens with one attached hydrogen (secondary N) is 4. The SMILES string of the molecule is CN(C(C)(C)CF)S(=O)(=O)CC1(NC(=O)N[C@H](C(=O)N2CCC[C@H]2C(=O)NCC(=O)C(=O)NC2CC2)C2(C)CCCCC2)CCCCC1. The summed E-state index contributed by atoms with van der Waals surface area (Å²) in [5.41, 5.74) is -2.96. The maximum Gasteiger partial charge on any atom is 0.315 e. The third-order valence-electron chi connectivity index (χ3n) is 10.9. The molecule has 5 amide bonds. The topological polar surface area (TPSA) is 174 Å². The molecular weight excluding hydrogens is 643 g/mol. The van der Waals surface area contributed by atoms with Crippen LogP contribution in [0.5, 0.6) is 0 Å². The number of urea groups is 1. The molecule has 4 aliphatic rings. The summed E-state index contributed by atoms with van der Waals surface area (Å²) in [5.74, 6) is -2.82. The fraction of sp³-hybridized carbons (Fsp3) is 0.848. The second-order valence-electron chi connectivity index (χ2n) is 15.3. The zero-order valence-corrected chi connectivity index (χ0v) is 29.8. The van der Waals surface area contributed by atoms with E-state index in [1.807, 2.05) is 6.92 Å². The van der Waals surface area contributed by atoms with E-state index in [1.165, 1.54) is 25.8 Å². The van der Waals surface area contributed by atoms with Gasteiger partial charge in [-0.05, 0) is 70.6 Å². The lowest BCUT2D eigenvalue weighted by Gasteiger charge is -2.44. The van der Waals surface area contributed by atoms with Gasteiger partial charge in [0.2, 0.25) is 27.6 Å². The molecule has 0 radical (unpaired) electrons. The first-order chi connectivity index (χ1) is 22.5. The lowest BCUT2D eigenvalue weighted by atomic mass is 9.70. The Labute approximate surface area is 284 Å². The first kappa shape index (κ1) is 38.0. The molecule has 13 nitrogen and oxygen atoms in total. The maximum atomic E-state index is 14.3. The molecule has 4 rings (SSSR count). The van der Waals surface area contributed by atoms with Crippen molar-refractivity contribution in [1.29, 1.82) is 0 Å². The van der Waals surface area contributed by atoms with Gasteiger partial charge < -0.3 is 26.2 Å². The fourth-order valence-corrected chi connectivity index (χ4v) is 9.41. The molecule has 3 aliphatic carbocycles. The van der Waals surface area contributed by atoms with Gasteiger partial charge in [0.1, 0.15) is 18.8 Å². The Balaban J connectivity index is 1.49. The fourth-order valence-electron chi connectivity index (χ4n) is 7.36. The van der Waals surface area contributed by atoms with Gasteiger partial charge in [-0.25, -0.2) is 17.6 Å². The first-order valence-corrected chi connectivity index (χ1v) is 19.2. The molecule has 2 atom stereocenters. The maximum absolute atomic E-state index is 14.3. The predicted molar refractivity (Wildman–Crippen MR) is 178 cm³/mol. The van der Waals surface area contributed by atoms with Crippen molar-refractivity contribution in [3.05, 3.63) is 0 Å². The van der Waals surface area contributed by atoms with Crippen LogP contribution in [0.4, 0.5) is 9.18 Å². The highest BCUT2D eigenvalue weighted by molar-refractivity contribution is 7.89. The zero-order valence-electron chi connectivity index (χ0n) is 29.0. The number of hydrogen-bond acceptors (Lipinski definition) is 7. The van der Waals surface area contributed by atoms with Crippen molar-refractivity contribution >= 4 is 39.6 Å². The van der Waals surface area contributed by atoms with E-state index in [-0.39, 0.29) is 6.04 Å². The van der Waals surface area contributed by atoms with E-state index >= 15 is 0 Å². The molecule has 0 aromatic heterocycles. The van der Waals surface area contributed by atoms with Crippen LogP contribution in [0.3, 0.4) is 0 Å². The molecule has 4 N–H and O–H groups in total. The van der Waals surface area contributed by atoms with Gasteiger partial charge in [0.25, 0.3) is 5.91 Å². The third kappa shape index (κ3) is 9.25. The van der Waals surface area contributed by atoms with Crippen LogP contribution < -0.4 is 21.3 Å². The number of sulfonamides is 1. The number of carbonyl (C=O) groups excluding carboxylic acids is 5. The lowest BCUT2D eigenvalue weighted by Crippen LogP contribution is -2.64. The summed E-state index contributed by atoms with van der Waals surface area (Å²) in [6.45, 7) is 3.94. The van der Waals surface area contributed by atoms with Crippen molar-refractivity contribution in [2.45, 2.75) is 140 Å². The number of rotatable bonds is 14. The molecule has 4 fully saturated rings. The van der Waals surface area contributed by atoms with Gasteiger partial charge in [-0.2, -0.15) is 4.31 Å². The van der Waals surface area contributed by atoms with Crippen LogP contribution >= 0.6 is 0 Å². The molecule has 48 heavy (non-hydrogen) atoms. The molecule has 0 bridgehead atoms. The Bertz CT molecular complexity index is 1330. The van der Waals surface area contributed by atoms with Crippen LogP contribution in [-0.2, 0) is 29.2 Å². The highest BCUT2D eigenvalue weighted by Crippen LogP contribution is 2.40. The number of Topliss-reactive ketones (excluding diaryl/α,β-unsaturated/α-hetero) is 1. The van der Waals surface area contributed by atoms with Gasteiger partial charge in [-0.15, -0.1) is 0 Å². The minimum absolute atomic E-state index is 0.00938. The monoisotopic (exact) mass is 698 g/mol. The molecule has 3 saturated carbocycles. The van der Waals surface area contributed by atoms with E-state index in [4.69, 9.17) is 0 Å². The number of amides is 5. The molecule has 0 aromatic rings. The third-order valence-corrected chi connectivity index (χ3v) is 13.1. The number of carbonyl (C=O) groups is 5. The number of hydrogen-bond donors (Lipinski definition) is 4. The highest BCUT2D eigenvalue weighted by Gasteiger charge is 2.48. The minimum Gasteiger partial charge on any atom is -0.347 e. The van der Waals surface area contributed by atoms with Crippen LogP contribution in [0.1, 0.15) is 111 Å². The van der Waals surface area contributed by atoms with E-state index < -0.39 is 87.1 Å². The zero-order chi connectivity index (χ0) is 35.3. The van der Waals surface area contributed by atoms with Crippen molar-refractivity contribution in [2.24, 2.45) is 5.41 Å². The molecule has 0 unspecified atom stereocenters. The summed E-state index contributed by atoms with van der Waals surface area (Å²) in [6.07, 6.45) is 9.85. The Kier molecular flexibility index (Phi) is 12.2. The lowest BCUT2D eigenvalue weighted by molar-refractivity contribution is -0.143. The van der Waals surface area contributed by atoms with E-state index in [2.05, 4.69) is 21.3 Å². The summed E-state index contributed by atoms with van der Waals surface area (Å²) in [7, 11) is -2.63. The number of halogens is 1. The van der Waals surface area contributed by atoms with Gasteiger partial charge in [0, 0.05) is 19.6 Å². The largest absolute Gasteiger partial charge is 0.347 e. The standard InChI is InChI=1S/C33H55FN6O7S/c1-31(2,21-34)39(4)48(46,47)22-33(17-9-6-10-18-33)38-30(45)37-26(32(3)15-7-5-8-16-32)29(44)40-19-11-12-24(40)27(42)35-20-25(41)28(43)36-23-13-14-23/h23-24,26H,5-22H2,1-4H3,(H,35,42)(H,36,43)(H2,37,38,45)/t24-,26+/m0/s1. The second-order valence-corrected chi connectivity index (χ2v) is 17.3. The van der Waals surface area contributed by atoms with Gasteiger partial charge in [0.15, 0.2) is 0 Å². The Morgan fingerprint density at radius 3 is 2.12 bits per heavy atom. The number of likely N-dealkylation sites (tertiary alicyclic amines) is 1. The quantitative estimate of drug-likeness (QED) is 0.202. The van der Waals surface area contributed by atoms with E-state index in [9.17, 15) is 36.8 Å². The average Bonchev–Trinajstić information content (AvgIpc) is 3.72. The summed E-state index contributed by atoms with van der Waals surface area (Å²) in [4.78, 5) is 67.2. The summed E-state index contributed by atoms with van der Waals surface area (Å²) < 4.78 is 41.8. The van der Waals surface area contributed by atoms with E-state index in [0.717, 1.165) is 42.8 Å². The molecule has 1 heterocycles. The molecule has 272 valence electrons. The molecule has 0 aromatic carbocycles. The highest BCUT2D eigenvalue weighted by atomic mass is 32.2. The van der Waals surface area contributed by atoms with Crippen molar-refractivity contribution in [2.75, 3.05) is 32.6 Å². The summed E-state index contributed by atoms with van der Waals surface area (Å²) in [5, 5.41) is 11.0. The van der Waals surface area contributed by atoms with Gasteiger partial charge in [-0.3, -0.25) is 19.2 Å². The van der Waals surface area contributed by atoms with Crippen molar-refractivity contribution in [3.63, 3.8) is 0 Å². The van der Waals surface area contributed by atoms with Gasteiger partial charge in [-0.1, -0.05) is 45.4 Å². The smallest absolute Gasteiger partial charge is 0.315 e. The average molecular weight is 699 g/mol. The Morgan fingerprint density at radius 2 is 1.54 bits per heavy atom. The Morgan fingerprint density at radius 1 is 0.938 bits per heavy atom. The summed E-state index contributed by atoms with van der Waals surface area (Å²) >= 11 is 0. The molecule has 15 heteroatoms. The van der Waals surface area contributed by atoms with E-state index in [0.29, 0.717) is 57.9 Å². The second kappa shape index (κ2) is 15.4. The number of nitrogens with zero attached hydrogens (tertiary/aromatic N) is 2. The molecule has 1 saturated heterocycles. The van der Waals surface area contributed by atoms with E-state index in [1.54, 1.807) is 0 Å². The van der Waals surface area contributed by atoms with Crippen LogP contribution in [0.2, 0.25) is 0 Å². The van der Waals surface area contributed by atoms with Crippen LogP contribution in [0, 0.1) is 5.41 Å². The molecule has 0 spiro atoms. The number of alkyl halides is 1. The molecular formula is C33H55FN6O7S. The van der Waals surface area contributed by atoms with Crippen LogP contribution in [0.15, 0.2) is 0 Å². The predicted octanol–water partition coefficient (Wildman–Crippen LogP) is 2.29. The van der Waals surface area contributed by atoms with Crippen molar-refractivity contribution in [1.82, 2.24) is 30.5 Å². The minimum atomic E-state index is -3.98. The van der Waals surface area contributed by atoms with Crippen LogP contribution in [0.25, 0.3) is 0 Å². The van der Waals surface area contributed by atoms with Crippen LogP contribution in [-0.4, -0.2) is 109 Å². The Hall–Kier alpha value is -2.81. The molecule has 1 aliphatic heterocycles. The summed E-state index contributed by atoms with van der Waals surface area (Å²) in [6, 6.07) is -2.49.